The Morgan fingerprint density at radius 1 is 0.966 bits per heavy atom. The van der Waals surface area contributed by atoms with Crippen LogP contribution in [0.2, 0.25) is 0 Å². The number of rotatable bonds is 3. The number of aromatic nitrogens is 4. The molecule has 3 aromatic heterocycles. The lowest BCUT2D eigenvalue weighted by molar-refractivity contribution is 0.276. The van der Waals surface area contributed by atoms with E-state index in [4.69, 9.17) is 4.98 Å². The van der Waals surface area contributed by atoms with Gasteiger partial charge >= 0.3 is 0 Å². The molecule has 5 nitrogen and oxygen atoms in total. The Hall–Kier alpha value is -3.28. The molecular weight excluding hydrogens is 365 g/mol. The van der Waals surface area contributed by atoms with Crippen LogP contribution in [0.3, 0.4) is 0 Å². The smallest absolute Gasteiger partial charge is 0.147 e. The van der Waals surface area contributed by atoms with Crippen molar-refractivity contribution in [2.24, 2.45) is 0 Å². The molecule has 0 radical (unpaired) electrons. The van der Waals surface area contributed by atoms with Crippen LogP contribution in [0.1, 0.15) is 18.4 Å². The van der Waals surface area contributed by atoms with Crippen molar-refractivity contribution in [2.45, 2.75) is 25.9 Å². The molecule has 4 heterocycles. The molecule has 0 atom stereocenters. The van der Waals surface area contributed by atoms with Gasteiger partial charge in [0.25, 0.3) is 0 Å². The number of hydrogen-bond acceptors (Lipinski definition) is 4. The number of alkyl halides is 1. The number of benzene rings is 1. The van der Waals surface area contributed by atoms with Gasteiger partial charge in [0.1, 0.15) is 17.8 Å². The molecule has 1 aromatic carbocycles. The Kier molecular flexibility index (Phi) is 4.46. The molecule has 6 heteroatoms. The molecule has 5 rings (SSSR count). The lowest BCUT2D eigenvalue weighted by Gasteiger charge is -2.29. The minimum atomic E-state index is -0.687. The normalized spacial score (nSPS) is 15.2. The highest BCUT2D eigenvalue weighted by Gasteiger charge is 2.20. The van der Waals surface area contributed by atoms with Crippen molar-refractivity contribution in [3.8, 4) is 17.1 Å². The fraction of sp³-hybridized carbons (Fsp3) is 0.261. The van der Waals surface area contributed by atoms with Gasteiger partial charge in [-0.3, -0.25) is 9.55 Å². The Balaban J connectivity index is 1.56. The summed E-state index contributed by atoms with van der Waals surface area (Å²) in [6, 6.07) is 14.3. The number of hydrogen-bond donors (Lipinski definition) is 0. The second-order valence-electron chi connectivity index (χ2n) is 7.54. The summed E-state index contributed by atoms with van der Waals surface area (Å²) in [4.78, 5) is 15.9. The minimum absolute atomic E-state index is 0.569. The van der Waals surface area contributed by atoms with Gasteiger partial charge in [0.15, 0.2) is 0 Å². The Labute approximate surface area is 168 Å². The zero-order chi connectivity index (χ0) is 19.8. The van der Waals surface area contributed by atoms with Gasteiger partial charge in [-0.05, 0) is 50.1 Å². The third-order valence-corrected chi connectivity index (χ3v) is 5.50. The van der Waals surface area contributed by atoms with Crippen LogP contribution in [-0.2, 0) is 0 Å². The summed E-state index contributed by atoms with van der Waals surface area (Å²) < 4.78 is 15.5. The third-order valence-electron chi connectivity index (χ3n) is 5.50. The van der Waals surface area contributed by atoms with Gasteiger partial charge < -0.3 is 4.90 Å². The first-order chi connectivity index (χ1) is 14.2. The van der Waals surface area contributed by atoms with Gasteiger partial charge in [-0.25, -0.2) is 14.4 Å². The van der Waals surface area contributed by atoms with Gasteiger partial charge in [0.2, 0.25) is 0 Å². The van der Waals surface area contributed by atoms with Crippen LogP contribution >= 0.6 is 0 Å². The molecule has 0 unspecified atom stereocenters. The van der Waals surface area contributed by atoms with E-state index in [1.807, 2.05) is 30.6 Å². The SMILES string of the molecule is Cc1ccc(-n2c(-c3ccc(N4CCC(F)CC4)nc3)nc3ccncc32)cc1. The standard InChI is InChI=1S/C23H22FN5/c1-16-2-5-19(6-3-16)29-21-15-25-11-8-20(21)27-23(29)17-4-7-22(26-14-17)28-12-9-18(24)10-13-28/h2-8,11,14-15,18H,9-10,12-13H2,1H3. The number of fused-ring (bicyclic) bond motifs is 1. The van der Waals surface area contributed by atoms with E-state index in [-0.39, 0.29) is 0 Å². The van der Waals surface area contributed by atoms with E-state index in [9.17, 15) is 4.39 Å². The lowest BCUT2D eigenvalue weighted by atomic mass is 10.1. The van der Waals surface area contributed by atoms with Crippen LogP contribution in [-0.4, -0.2) is 38.8 Å². The van der Waals surface area contributed by atoms with Crippen molar-refractivity contribution in [1.29, 1.82) is 0 Å². The van der Waals surface area contributed by atoms with E-state index in [2.05, 4.69) is 50.6 Å². The van der Waals surface area contributed by atoms with Gasteiger partial charge in [0.05, 0.1) is 17.2 Å². The molecule has 0 saturated carbocycles. The van der Waals surface area contributed by atoms with Crippen molar-refractivity contribution in [2.75, 3.05) is 18.0 Å². The number of anilines is 1. The molecule has 0 aliphatic carbocycles. The van der Waals surface area contributed by atoms with Crippen LogP contribution in [0.15, 0.2) is 61.1 Å². The van der Waals surface area contributed by atoms with Crippen LogP contribution in [0, 0.1) is 6.92 Å². The lowest BCUT2D eigenvalue weighted by Crippen LogP contribution is -2.34. The molecule has 0 amide bonds. The van der Waals surface area contributed by atoms with E-state index >= 15 is 0 Å². The van der Waals surface area contributed by atoms with E-state index < -0.39 is 6.17 Å². The van der Waals surface area contributed by atoms with E-state index in [1.54, 1.807) is 6.20 Å². The minimum Gasteiger partial charge on any atom is -0.356 e. The molecule has 1 aliphatic rings. The number of nitrogens with zero attached hydrogens (tertiary/aromatic N) is 5. The fourth-order valence-corrected chi connectivity index (χ4v) is 3.86. The summed E-state index contributed by atoms with van der Waals surface area (Å²) in [7, 11) is 0. The van der Waals surface area contributed by atoms with E-state index in [0.717, 1.165) is 33.9 Å². The topological polar surface area (TPSA) is 46.8 Å². The predicted molar refractivity (Wildman–Crippen MR) is 113 cm³/mol. The first-order valence-corrected chi connectivity index (χ1v) is 9.94. The highest BCUT2D eigenvalue weighted by Crippen LogP contribution is 2.29. The number of aryl methyl sites for hydroxylation is 1. The van der Waals surface area contributed by atoms with E-state index in [1.165, 1.54) is 5.56 Å². The van der Waals surface area contributed by atoms with Crippen LogP contribution in [0.5, 0.6) is 0 Å². The average Bonchev–Trinajstić information content (AvgIpc) is 3.15. The molecule has 0 N–H and O–H groups in total. The van der Waals surface area contributed by atoms with Crippen molar-refractivity contribution in [1.82, 2.24) is 19.5 Å². The fourth-order valence-electron chi connectivity index (χ4n) is 3.86. The molecule has 0 bridgehead atoms. The first-order valence-electron chi connectivity index (χ1n) is 9.94. The van der Waals surface area contributed by atoms with Crippen molar-refractivity contribution in [3.63, 3.8) is 0 Å². The summed E-state index contributed by atoms with van der Waals surface area (Å²) in [6.07, 6.45) is 5.91. The van der Waals surface area contributed by atoms with Crippen molar-refractivity contribution >= 4 is 16.9 Å². The Morgan fingerprint density at radius 2 is 1.76 bits per heavy atom. The zero-order valence-electron chi connectivity index (χ0n) is 16.3. The summed E-state index contributed by atoms with van der Waals surface area (Å²) in [5.74, 6) is 1.72. The summed E-state index contributed by atoms with van der Waals surface area (Å²) >= 11 is 0. The first kappa shape index (κ1) is 17.8. The number of piperidine rings is 1. The molecule has 0 spiro atoms. The van der Waals surface area contributed by atoms with Crippen LogP contribution in [0.4, 0.5) is 10.2 Å². The molecular formula is C23H22FN5. The van der Waals surface area contributed by atoms with Crippen LogP contribution in [0.25, 0.3) is 28.1 Å². The maximum absolute atomic E-state index is 13.4. The summed E-state index contributed by atoms with van der Waals surface area (Å²) in [6.45, 7) is 3.49. The number of imidazole rings is 1. The monoisotopic (exact) mass is 387 g/mol. The number of pyridine rings is 2. The van der Waals surface area contributed by atoms with Crippen molar-refractivity contribution < 1.29 is 4.39 Å². The zero-order valence-corrected chi connectivity index (χ0v) is 16.3. The maximum atomic E-state index is 13.4. The quantitative estimate of drug-likeness (QED) is 0.510. The van der Waals surface area contributed by atoms with Crippen LogP contribution < -0.4 is 4.90 Å². The van der Waals surface area contributed by atoms with Crippen molar-refractivity contribution in [3.05, 3.63) is 66.6 Å². The largest absolute Gasteiger partial charge is 0.356 e. The molecule has 1 saturated heterocycles. The van der Waals surface area contributed by atoms with Gasteiger partial charge in [-0.1, -0.05) is 17.7 Å². The average molecular weight is 387 g/mol. The number of halogens is 1. The maximum Gasteiger partial charge on any atom is 0.147 e. The second-order valence-corrected chi connectivity index (χ2v) is 7.54. The molecule has 1 aliphatic heterocycles. The summed E-state index contributed by atoms with van der Waals surface area (Å²) in [5.41, 5.74) is 5.03. The molecule has 1 fully saturated rings. The molecule has 146 valence electrons. The van der Waals surface area contributed by atoms with Gasteiger partial charge in [0, 0.05) is 36.7 Å². The predicted octanol–water partition coefficient (Wildman–Crippen LogP) is 4.73. The van der Waals surface area contributed by atoms with Gasteiger partial charge in [-0.15, -0.1) is 0 Å². The second kappa shape index (κ2) is 7.28. The Morgan fingerprint density at radius 3 is 2.48 bits per heavy atom. The molecule has 4 aromatic rings. The van der Waals surface area contributed by atoms with Gasteiger partial charge in [-0.2, -0.15) is 0 Å². The highest BCUT2D eigenvalue weighted by molar-refractivity contribution is 5.82. The summed E-state index contributed by atoms with van der Waals surface area (Å²) in [5, 5.41) is 0. The Bertz CT molecular complexity index is 1130. The highest BCUT2D eigenvalue weighted by atomic mass is 19.1. The third kappa shape index (κ3) is 3.35. The van der Waals surface area contributed by atoms with E-state index in [0.29, 0.717) is 25.9 Å². The molecule has 29 heavy (non-hydrogen) atoms.